The maximum absolute atomic E-state index is 12.4. The molecule has 6 heteroatoms. The van der Waals surface area contributed by atoms with Crippen LogP contribution in [0.1, 0.15) is 76.7 Å². The molecule has 0 radical (unpaired) electrons. The summed E-state index contributed by atoms with van der Waals surface area (Å²) in [6, 6.07) is 12.8. The van der Waals surface area contributed by atoms with Crippen molar-refractivity contribution in [1.82, 2.24) is 4.98 Å². The molecule has 1 heterocycles. The summed E-state index contributed by atoms with van der Waals surface area (Å²) < 4.78 is 43.0. The molecule has 1 aromatic carbocycles. The van der Waals surface area contributed by atoms with Crippen LogP contribution in [-0.4, -0.2) is 25.8 Å². The van der Waals surface area contributed by atoms with Gasteiger partial charge in [0.1, 0.15) is 13.8 Å². The number of halogens is 3. The number of hydrogen-bond acceptors (Lipinski definition) is 2. The molecule has 0 aliphatic rings. The van der Waals surface area contributed by atoms with Crippen molar-refractivity contribution in [3.05, 3.63) is 48.2 Å². The van der Waals surface area contributed by atoms with E-state index in [-0.39, 0.29) is 6.04 Å². The van der Waals surface area contributed by atoms with E-state index in [4.69, 9.17) is 4.74 Å². The Kier molecular flexibility index (Phi) is 13.1. The average Bonchev–Trinajstić information content (AvgIpc) is 2.85. The zero-order valence-electron chi connectivity index (χ0n) is 22.2. The summed E-state index contributed by atoms with van der Waals surface area (Å²) in [5.41, 5.74) is 6.54. The van der Waals surface area contributed by atoms with Crippen molar-refractivity contribution < 1.29 is 17.9 Å². The SMILES string of the molecule is CCCCCCCCc1ccc(-c2ccc(OCCCCC#C[Si](C)(C)CCC(F)(F)F)cn2)cc1. The predicted octanol–water partition coefficient (Wildman–Crippen LogP) is 9.40. The zero-order valence-corrected chi connectivity index (χ0v) is 23.2. The van der Waals surface area contributed by atoms with Crippen LogP contribution in [0.2, 0.25) is 19.1 Å². The molecule has 2 rings (SSSR count). The molecule has 0 aliphatic carbocycles. The molecule has 0 fully saturated rings. The molecule has 198 valence electrons. The van der Waals surface area contributed by atoms with Crippen LogP contribution < -0.4 is 4.74 Å². The van der Waals surface area contributed by atoms with Crippen molar-refractivity contribution in [2.75, 3.05) is 6.61 Å². The molecule has 0 N–H and O–H groups in total. The maximum atomic E-state index is 12.4. The van der Waals surface area contributed by atoms with Crippen molar-refractivity contribution in [3.63, 3.8) is 0 Å². The van der Waals surface area contributed by atoms with E-state index >= 15 is 0 Å². The molecule has 0 bridgehead atoms. The summed E-state index contributed by atoms with van der Waals surface area (Å²) in [6.07, 6.45) is 8.37. The number of nitrogens with zero attached hydrogens (tertiary/aromatic N) is 1. The standard InChI is InChI=1S/C30H42F3NOSi/c1-4-5-6-7-8-11-14-26-15-17-27(18-16-26)29-20-19-28(25-34-29)35-22-12-9-10-13-23-36(2,3)24-21-30(31,32)33/h15-20,25H,4-12,14,21-22,24H2,1-3H3. The van der Waals surface area contributed by atoms with Gasteiger partial charge in [0.25, 0.3) is 0 Å². The molecular formula is C30H42F3NOSi. The Balaban J connectivity index is 1.66. The third-order valence-electron chi connectivity index (χ3n) is 6.23. The largest absolute Gasteiger partial charge is 0.492 e. The number of aromatic nitrogens is 1. The van der Waals surface area contributed by atoms with Gasteiger partial charge in [0.15, 0.2) is 0 Å². The van der Waals surface area contributed by atoms with Crippen LogP contribution >= 0.6 is 0 Å². The number of alkyl halides is 3. The van der Waals surface area contributed by atoms with Crippen molar-refractivity contribution in [2.45, 2.75) is 103 Å². The molecule has 1 aromatic heterocycles. The molecule has 0 amide bonds. The van der Waals surface area contributed by atoms with Gasteiger partial charge in [-0.25, -0.2) is 0 Å². The van der Waals surface area contributed by atoms with Crippen molar-refractivity contribution in [3.8, 4) is 28.5 Å². The lowest BCUT2D eigenvalue weighted by Crippen LogP contribution is -2.26. The number of hydrogen-bond donors (Lipinski definition) is 0. The van der Waals surface area contributed by atoms with Gasteiger partial charge in [0, 0.05) is 18.4 Å². The topological polar surface area (TPSA) is 22.1 Å². The molecule has 0 saturated carbocycles. The minimum Gasteiger partial charge on any atom is -0.492 e. The summed E-state index contributed by atoms with van der Waals surface area (Å²) in [5, 5.41) is 0. The third kappa shape index (κ3) is 13.2. The van der Waals surface area contributed by atoms with Crippen LogP contribution in [0, 0.1) is 11.5 Å². The summed E-state index contributed by atoms with van der Waals surface area (Å²) in [5.74, 6) is 3.83. The predicted molar refractivity (Wildman–Crippen MR) is 147 cm³/mol. The quantitative estimate of drug-likeness (QED) is 0.133. The Bertz CT molecular complexity index is 928. The second-order valence-electron chi connectivity index (χ2n) is 10.2. The van der Waals surface area contributed by atoms with Gasteiger partial charge in [-0.3, -0.25) is 4.98 Å². The molecule has 0 saturated heterocycles. The Hall–Kier alpha value is -2.26. The molecule has 0 unspecified atom stereocenters. The minimum absolute atomic E-state index is 0.166. The molecule has 0 atom stereocenters. The smallest absolute Gasteiger partial charge is 0.388 e. The summed E-state index contributed by atoms with van der Waals surface area (Å²) in [7, 11) is -2.10. The van der Waals surface area contributed by atoms with Crippen LogP contribution in [0.5, 0.6) is 5.75 Å². The third-order valence-corrected chi connectivity index (χ3v) is 8.58. The van der Waals surface area contributed by atoms with E-state index in [2.05, 4.69) is 47.6 Å². The van der Waals surface area contributed by atoms with Gasteiger partial charge in [-0.2, -0.15) is 13.2 Å². The van der Waals surface area contributed by atoms with E-state index in [1.165, 1.54) is 44.1 Å². The zero-order chi connectivity index (χ0) is 26.3. The highest BCUT2D eigenvalue weighted by atomic mass is 28.3. The fourth-order valence-electron chi connectivity index (χ4n) is 3.91. The van der Waals surface area contributed by atoms with Gasteiger partial charge >= 0.3 is 6.18 Å². The normalized spacial score (nSPS) is 11.7. The number of unbranched alkanes of at least 4 members (excludes halogenated alkanes) is 7. The average molecular weight is 518 g/mol. The summed E-state index contributed by atoms with van der Waals surface area (Å²) >= 11 is 0. The molecule has 2 aromatic rings. The highest BCUT2D eigenvalue weighted by Gasteiger charge is 2.31. The van der Waals surface area contributed by atoms with Crippen LogP contribution in [0.4, 0.5) is 13.2 Å². The first-order valence-corrected chi connectivity index (χ1v) is 16.6. The highest BCUT2D eigenvalue weighted by Crippen LogP contribution is 2.26. The Morgan fingerprint density at radius 1 is 0.889 bits per heavy atom. The Morgan fingerprint density at radius 3 is 2.28 bits per heavy atom. The van der Waals surface area contributed by atoms with Crippen LogP contribution in [0.15, 0.2) is 42.6 Å². The highest BCUT2D eigenvalue weighted by molar-refractivity contribution is 6.85. The Morgan fingerprint density at radius 2 is 1.61 bits per heavy atom. The van der Waals surface area contributed by atoms with E-state index in [0.29, 0.717) is 13.0 Å². The van der Waals surface area contributed by atoms with Crippen LogP contribution in [0.25, 0.3) is 11.3 Å². The molecule has 2 nitrogen and oxygen atoms in total. The first kappa shape index (κ1) is 30.0. The van der Waals surface area contributed by atoms with E-state index in [0.717, 1.165) is 36.3 Å². The van der Waals surface area contributed by atoms with Crippen molar-refractivity contribution >= 4 is 8.07 Å². The van der Waals surface area contributed by atoms with E-state index in [1.54, 1.807) is 6.20 Å². The first-order valence-electron chi connectivity index (χ1n) is 13.4. The van der Waals surface area contributed by atoms with Gasteiger partial charge in [-0.1, -0.05) is 76.4 Å². The molecule has 0 aliphatic heterocycles. The second-order valence-corrected chi connectivity index (χ2v) is 14.7. The van der Waals surface area contributed by atoms with Gasteiger partial charge in [-0.05, 0) is 49.4 Å². The minimum atomic E-state index is -4.09. The number of ether oxygens (including phenoxy) is 1. The number of benzene rings is 1. The lowest BCUT2D eigenvalue weighted by atomic mass is 10.0. The molecular weight excluding hydrogens is 475 g/mol. The van der Waals surface area contributed by atoms with Gasteiger partial charge < -0.3 is 4.74 Å². The number of rotatable bonds is 15. The van der Waals surface area contributed by atoms with Crippen LogP contribution in [0.3, 0.4) is 0 Å². The lowest BCUT2D eigenvalue weighted by molar-refractivity contribution is -0.130. The van der Waals surface area contributed by atoms with Gasteiger partial charge in [-0.15, -0.1) is 11.5 Å². The van der Waals surface area contributed by atoms with Gasteiger partial charge in [0.2, 0.25) is 0 Å². The summed E-state index contributed by atoms with van der Waals surface area (Å²) in [4.78, 5) is 4.55. The maximum Gasteiger partial charge on any atom is 0.388 e. The van der Waals surface area contributed by atoms with Crippen molar-refractivity contribution in [2.24, 2.45) is 0 Å². The number of pyridine rings is 1. The van der Waals surface area contributed by atoms with E-state index in [9.17, 15) is 13.2 Å². The monoisotopic (exact) mass is 517 g/mol. The number of aryl methyl sites for hydroxylation is 1. The van der Waals surface area contributed by atoms with E-state index < -0.39 is 20.7 Å². The Labute approximate surface area is 217 Å². The first-order chi connectivity index (χ1) is 17.2. The fourth-order valence-corrected chi connectivity index (χ4v) is 5.55. The van der Waals surface area contributed by atoms with Crippen LogP contribution in [-0.2, 0) is 6.42 Å². The van der Waals surface area contributed by atoms with E-state index in [1.807, 2.05) is 25.2 Å². The lowest BCUT2D eigenvalue weighted by Gasteiger charge is -2.15. The molecule has 36 heavy (non-hydrogen) atoms. The summed E-state index contributed by atoms with van der Waals surface area (Å²) in [6.45, 7) is 6.62. The van der Waals surface area contributed by atoms with Crippen molar-refractivity contribution in [1.29, 1.82) is 0 Å². The second kappa shape index (κ2) is 15.8. The molecule has 0 spiro atoms. The fraction of sp³-hybridized carbons (Fsp3) is 0.567. The van der Waals surface area contributed by atoms with Gasteiger partial charge in [0.05, 0.1) is 18.5 Å².